The molecule has 0 radical (unpaired) electrons. The fourth-order valence-electron chi connectivity index (χ4n) is 1.52. The number of pyridine rings is 2. The summed E-state index contributed by atoms with van der Waals surface area (Å²) < 4.78 is 0. The van der Waals surface area contributed by atoms with Crippen LogP contribution in [0.4, 0.5) is 11.5 Å². The Balaban J connectivity index is 1.99. The standard InChI is InChI=1S/C14H16N4O/c1-2-7-16-13-4-3-11(10-17-13)14(19)18-12-5-8-15-9-6-12/h3-6,8-10H,2,7H2,1H3,(H,16,17)(H,15,18,19). The maximum atomic E-state index is 11.9. The predicted octanol–water partition coefficient (Wildman–Crippen LogP) is 2.55. The molecule has 2 heterocycles. The number of hydrogen-bond donors (Lipinski definition) is 2. The number of hydrogen-bond acceptors (Lipinski definition) is 4. The fraction of sp³-hybridized carbons (Fsp3) is 0.214. The van der Waals surface area contributed by atoms with Crippen molar-refractivity contribution in [3.05, 3.63) is 48.4 Å². The molecule has 0 saturated carbocycles. The molecule has 0 aromatic carbocycles. The Morgan fingerprint density at radius 2 is 2.00 bits per heavy atom. The monoisotopic (exact) mass is 256 g/mol. The third-order valence-corrected chi connectivity index (χ3v) is 2.52. The van der Waals surface area contributed by atoms with Gasteiger partial charge in [-0.2, -0.15) is 0 Å². The Labute approximate surface area is 112 Å². The van der Waals surface area contributed by atoms with E-state index in [4.69, 9.17) is 0 Å². The van der Waals surface area contributed by atoms with Gasteiger partial charge in [-0.05, 0) is 30.7 Å². The maximum absolute atomic E-state index is 11.9. The van der Waals surface area contributed by atoms with Crippen LogP contribution in [0, 0.1) is 0 Å². The molecule has 0 spiro atoms. The quantitative estimate of drug-likeness (QED) is 0.862. The normalized spacial score (nSPS) is 9.95. The third-order valence-electron chi connectivity index (χ3n) is 2.52. The number of nitrogens with one attached hydrogen (secondary N) is 2. The van der Waals surface area contributed by atoms with Crippen LogP contribution < -0.4 is 10.6 Å². The number of nitrogens with zero attached hydrogens (tertiary/aromatic N) is 2. The topological polar surface area (TPSA) is 66.9 Å². The van der Waals surface area contributed by atoms with Gasteiger partial charge < -0.3 is 10.6 Å². The number of anilines is 2. The summed E-state index contributed by atoms with van der Waals surface area (Å²) in [5.41, 5.74) is 1.24. The van der Waals surface area contributed by atoms with Gasteiger partial charge in [-0.25, -0.2) is 4.98 Å². The summed E-state index contributed by atoms with van der Waals surface area (Å²) in [6.45, 7) is 2.96. The first-order chi connectivity index (χ1) is 9.29. The Hall–Kier alpha value is -2.43. The highest BCUT2D eigenvalue weighted by molar-refractivity contribution is 6.04. The average Bonchev–Trinajstić information content (AvgIpc) is 2.46. The second-order valence-electron chi connectivity index (χ2n) is 4.05. The lowest BCUT2D eigenvalue weighted by Gasteiger charge is -2.06. The molecule has 1 amide bonds. The molecule has 19 heavy (non-hydrogen) atoms. The summed E-state index contributed by atoms with van der Waals surface area (Å²) in [7, 11) is 0. The SMILES string of the molecule is CCCNc1ccc(C(=O)Nc2ccncc2)cn1. The van der Waals surface area contributed by atoms with Crippen molar-refractivity contribution in [1.82, 2.24) is 9.97 Å². The van der Waals surface area contributed by atoms with E-state index in [-0.39, 0.29) is 5.91 Å². The molecule has 0 saturated heterocycles. The first-order valence-electron chi connectivity index (χ1n) is 6.21. The van der Waals surface area contributed by atoms with Crippen molar-refractivity contribution in [2.45, 2.75) is 13.3 Å². The molecule has 0 aliphatic carbocycles. The summed E-state index contributed by atoms with van der Waals surface area (Å²) >= 11 is 0. The molecule has 98 valence electrons. The van der Waals surface area contributed by atoms with Gasteiger partial charge in [-0.3, -0.25) is 9.78 Å². The van der Waals surface area contributed by atoms with Crippen LogP contribution in [-0.2, 0) is 0 Å². The van der Waals surface area contributed by atoms with Gasteiger partial charge in [0.2, 0.25) is 0 Å². The van der Waals surface area contributed by atoms with Crippen molar-refractivity contribution >= 4 is 17.4 Å². The molecule has 2 rings (SSSR count). The lowest BCUT2D eigenvalue weighted by atomic mass is 10.2. The molecule has 0 aliphatic heterocycles. The molecule has 2 aromatic heterocycles. The lowest BCUT2D eigenvalue weighted by Crippen LogP contribution is -2.12. The molecule has 0 unspecified atom stereocenters. The van der Waals surface area contributed by atoms with Crippen LogP contribution in [0.2, 0.25) is 0 Å². The molecule has 0 bridgehead atoms. The molecule has 0 aliphatic rings. The Morgan fingerprint density at radius 1 is 1.21 bits per heavy atom. The Bertz CT molecular complexity index is 525. The minimum atomic E-state index is -0.180. The van der Waals surface area contributed by atoms with Crippen LogP contribution in [0.15, 0.2) is 42.9 Å². The number of carbonyl (C=O) groups excluding carboxylic acids is 1. The lowest BCUT2D eigenvalue weighted by molar-refractivity contribution is 0.102. The fourth-order valence-corrected chi connectivity index (χ4v) is 1.52. The highest BCUT2D eigenvalue weighted by atomic mass is 16.1. The largest absolute Gasteiger partial charge is 0.370 e. The molecular formula is C14H16N4O. The molecule has 2 N–H and O–H groups in total. The van der Waals surface area contributed by atoms with Gasteiger partial charge >= 0.3 is 0 Å². The van der Waals surface area contributed by atoms with Gasteiger partial charge in [0.1, 0.15) is 5.82 Å². The van der Waals surface area contributed by atoms with E-state index in [0.717, 1.165) is 18.8 Å². The average molecular weight is 256 g/mol. The van der Waals surface area contributed by atoms with Gasteiger partial charge in [0.25, 0.3) is 5.91 Å². The molecule has 0 atom stereocenters. The zero-order valence-electron chi connectivity index (χ0n) is 10.8. The number of carbonyl (C=O) groups is 1. The summed E-state index contributed by atoms with van der Waals surface area (Å²) in [6.07, 6.45) is 5.86. The summed E-state index contributed by atoms with van der Waals surface area (Å²) in [4.78, 5) is 20.0. The van der Waals surface area contributed by atoms with Crippen LogP contribution in [-0.4, -0.2) is 22.4 Å². The number of amides is 1. The summed E-state index contributed by atoms with van der Waals surface area (Å²) in [5.74, 6) is 0.600. The first-order valence-corrected chi connectivity index (χ1v) is 6.21. The van der Waals surface area contributed by atoms with E-state index in [1.54, 1.807) is 42.9 Å². The van der Waals surface area contributed by atoms with Crippen molar-refractivity contribution in [2.24, 2.45) is 0 Å². The minimum absolute atomic E-state index is 0.180. The van der Waals surface area contributed by atoms with Crippen molar-refractivity contribution in [2.75, 3.05) is 17.2 Å². The molecule has 5 heteroatoms. The smallest absolute Gasteiger partial charge is 0.257 e. The Morgan fingerprint density at radius 3 is 2.63 bits per heavy atom. The molecule has 0 fully saturated rings. The highest BCUT2D eigenvalue weighted by Gasteiger charge is 2.06. The maximum Gasteiger partial charge on any atom is 0.257 e. The van der Waals surface area contributed by atoms with Gasteiger partial charge in [-0.15, -0.1) is 0 Å². The second-order valence-corrected chi connectivity index (χ2v) is 4.05. The predicted molar refractivity (Wildman–Crippen MR) is 75.2 cm³/mol. The van der Waals surface area contributed by atoms with Gasteiger partial charge in [-0.1, -0.05) is 6.92 Å². The van der Waals surface area contributed by atoms with E-state index < -0.39 is 0 Å². The van der Waals surface area contributed by atoms with Crippen LogP contribution in [0.3, 0.4) is 0 Å². The van der Waals surface area contributed by atoms with Crippen molar-refractivity contribution in [3.8, 4) is 0 Å². The van der Waals surface area contributed by atoms with E-state index in [1.807, 2.05) is 0 Å². The van der Waals surface area contributed by atoms with Crippen LogP contribution in [0.1, 0.15) is 23.7 Å². The van der Waals surface area contributed by atoms with E-state index in [2.05, 4.69) is 27.5 Å². The van der Waals surface area contributed by atoms with Gasteiger partial charge in [0, 0.05) is 30.8 Å². The summed E-state index contributed by atoms with van der Waals surface area (Å²) in [6, 6.07) is 7.03. The van der Waals surface area contributed by atoms with Gasteiger partial charge in [0.05, 0.1) is 5.56 Å². The molecule has 2 aromatic rings. The second kappa shape index (κ2) is 6.49. The van der Waals surface area contributed by atoms with E-state index >= 15 is 0 Å². The van der Waals surface area contributed by atoms with Gasteiger partial charge in [0.15, 0.2) is 0 Å². The Kier molecular flexibility index (Phi) is 4.44. The minimum Gasteiger partial charge on any atom is -0.370 e. The molecule has 5 nitrogen and oxygen atoms in total. The zero-order chi connectivity index (χ0) is 13.5. The van der Waals surface area contributed by atoms with Crippen molar-refractivity contribution in [1.29, 1.82) is 0 Å². The molecular weight excluding hydrogens is 240 g/mol. The van der Waals surface area contributed by atoms with E-state index in [9.17, 15) is 4.79 Å². The zero-order valence-corrected chi connectivity index (χ0v) is 10.8. The van der Waals surface area contributed by atoms with E-state index in [1.165, 1.54) is 0 Å². The van der Waals surface area contributed by atoms with E-state index in [0.29, 0.717) is 11.3 Å². The summed E-state index contributed by atoms with van der Waals surface area (Å²) in [5, 5.41) is 5.94. The van der Waals surface area contributed by atoms with Crippen LogP contribution in [0.25, 0.3) is 0 Å². The van der Waals surface area contributed by atoms with Crippen LogP contribution >= 0.6 is 0 Å². The number of rotatable bonds is 5. The van der Waals surface area contributed by atoms with Crippen molar-refractivity contribution in [3.63, 3.8) is 0 Å². The first kappa shape index (κ1) is 13.0. The van der Waals surface area contributed by atoms with Crippen LogP contribution in [0.5, 0.6) is 0 Å². The third kappa shape index (κ3) is 3.77. The van der Waals surface area contributed by atoms with Crippen molar-refractivity contribution < 1.29 is 4.79 Å². The highest BCUT2D eigenvalue weighted by Crippen LogP contribution is 2.09. The number of aromatic nitrogens is 2.